The molecule has 0 amide bonds. The van der Waals surface area contributed by atoms with Crippen molar-refractivity contribution in [1.29, 1.82) is 0 Å². The predicted octanol–water partition coefficient (Wildman–Crippen LogP) is 2.95. The number of benzene rings is 1. The quantitative estimate of drug-likeness (QED) is 0.226. The number of halogens is 1. The fraction of sp³-hybridized carbons (Fsp3) is 0.696. The number of guanidine groups is 1. The average molecular weight is 546 g/mol. The summed E-state index contributed by atoms with van der Waals surface area (Å²) in [5.74, 6) is 1.75. The van der Waals surface area contributed by atoms with E-state index >= 15 is 0 Å². The van der Waals surface area contributed by atoms with Crippen molar-refractivity contribution in [3.63, 3.8) is 0 Å². The number of rotatable bonds is 8. The van der Waals surface area contributed by atoms with E-state index in [1.165, 1.54) is 5.56 Å². The fourth-order valence-electron chi connectivity index (χ4n) is 4.08. The molecule has 2 aliphatic rings. The van der Waals surface area contributed by atoms with Crippen LogP contribution in [-0.4, -0.2) is 75.6 Å². The second-order valence-corrected chi connectivity index (χ2v) is 8.44. The van der Waals surface area contributed by atoms with Gasteiger partial charge < -0.3 is 24.8 Å². The van der Waals surface area contributed by atoms with E-state index < -0.39 is 0 Å². The topological polar surface area (TPSA) is 67.4 Å². The molecule has 2 fully saturated rings. The Morgan fingerprint density at radius 1 is 1.23 bits per heavy atom. The molecule has 0 saturated carbocycles. The lowest BCUT2D eigenvalue weighted by atomic mass is 10.1. The maximum atomic E-state index is 6.20. The lowest BCUT2D eigenvalue weighted by molar-refractivity contribution is -0.0679. The molecule has 2 N–H and O–H groups in total. The van der Waals surface area contributed by atoms with Gasteiger partial charge in [0.2, 0.25) is 0 Å². The molecule has 2 heterocycles. The molecule has 0 aliphatic carbocycles. The number of nitrogens with zero attached hydrogens (tertiary/aromatic N) is 2. The van der Waals surface area contributed by atoms with Crippen molar-refractivity contribution in [1.82, 2.24) is 15.5 Å². The summed E-state index contributed by atoms with van der Waals surface area (Å²) in [7, 11) is 1.81. The summed E-state index contributed by atoms with van der Waals surface area (Å²) < 4.78 is 17.4. The van der Waals surface area contributed by atoms with E-state index in [0.717, 1.165) is 62.9 Å². The van der Waals surface area contributed by atoms with E-state index in [1.54, 1.807) is 0 Å². The van der Waals surface area contributed by atoms with Crippen LogP contribution in [-0.2, 0) is 16.0 Å². The van der Waals surface area contributed by atoms with Crippen LogP contribution in [0.2, 0.25) is 0 Å². The third-order valence-electron chi connectivity index (χ3n) is 5.51. The van der Waals surface area contributed by atoms with Crippen molar-refractivity contribution in [2.45, 2.75) is 58.5 Å². The fourth-order valence-corrected chi connectivity index (χ4v) is 4.08. The maximum absolute atomic E-state index is 6.20. The first-order valence-corrected chi connectivity index (χ1v) is 11.2. The second kappa shape index (κ2) is 13.4. The van der Waals surface area contributed by atoms with Gasteiger partial charge in [0.1, 0.15) is 11.9 Å². The molecule has 0 bridgehead atoms. The molecule has 1 aromatic carbocycles. The van der Waals surface area contributed by atoms with Gasteiger partial charge in [0.25, 0.3) is 0 Å². The van der Waals surface area contributed by atoms with Crippen molar-refractivity contribution < 1.29 is 14.2 Å². The number of hydrogen-bond donors (Lipinski definition) is 2. The van der Waals surface area contributed by atoms with Gasteiger partial charge in [0.05, 0.1) is 25.4 Å². The molecular weight excluding hydrogens is 507 g/mol. The lowest BCUT2D eigenvalue weighted by Crippen LogP contribution is -2.46. The van der Waals surface area contributed by atoms with Gasteiger partial charge in [-0.15, -0.1) is 24.0 Å². The highest BCUT2D eigenvalue weighted by Gasteiger charge is 2.21. The van der Waals surface area contributed by atoms with Gasteiger partial charge in [-0.25, -0.2) is 0 Å². The molecule has 31 heavy (non-hydrogen) atoms. The van der Waals surface area contributed by atoms with Crippen LogP contribution >= 0.6 is 24.0 Å². The van der Waals surface area contributed by atoms with Gasteiger partial charge in [-0.3, -0.25) is 9.89 Å². The monoisotopic (exact) mass is 546 g/mol. The SMILES string of the molecule is CN=C(NCCCN1CC(C)OC(C)C1)NCc1ccc(C)cc1OC1CCOC1.I. The van der Waals surface area contributed by atoms with E-state index in [1.807, 2.05) is 7.05 Å². The molecule has 2 aliphatic heterocycles. The Hall–Kier alpha value is -1.10. The minimum atomic E-state index is 0. The van der Waals surface area contributed by atoms with Crippen LogP contribution in [0.25, 0.3) is 0 Å². The van der Waals surface area contributed by atoms with Gasteiger partial charge in [-0.2, -0.15) is 0 Å². The van der Waals surface area contributed by atoms with E-state index in [2.05, 4.69) is 59.5 Å². The Kier molecular flexibility index (Phi) is 11.3. The first kappa shape index (κ1) is 26.2. The molecule has 1 aromatic rings. The van der Waals surface area contributed by atoms with Gasteiger partial charge in [0.15, 0.2) is 5.96 Å². The molecule has 0 radical (unpaired) electrons. The van der Waals surface area contributed by atoms with Gasteiger partial charge in [-0.1, -0.05) is 12.1 Å². The summed E-state index contributed by atoms with van der Waals surface area (Å²) in [6.07, 6.45) is 2.80. The van der Waals surface area contributed by atoms with Gasteiger partial charge in [0, 0.05) is 51.8 Å². The number of nitrogens with one attached hydrogen (secondary N) is 2. The van der Waals surface area contributed by atoms with Gasteiger partial charge >= 0.3 is 0 Å². The van der Waals surface area contributed by atoms with Crippen LogP contribution in [0.15, 0.2) is 23.2 Å². The maximum Gasteiger partial charge on any atom is 0.191 e. The van der Waals surface area contributed by atoms with Crippen LogP contribution in [0.1, 0.15) is 37.8 Å². The van der Waals surface area contributed by atoms with E-state index in [9.17, 15) is 0 Å². The molecule has 3 rings (SSSR count). The number of aliphatic imine (C=N–C) groups is 1. The smallest absolute Gasteiger partial charge is 0.191 e. The Morgan fingerprint density at radius 3 is 2.68 bits per heavy atom. The summed E-state index contributed by atoms with van der Waals surface area (Å²) in [6.45, 7) is 12.5. The number of morpholine rings is 1. The highest BCUT2D eigenvalue weighted by Crippen LogP contribution is 2.23. The van der Waals surface area contributed by atoms with Gasteiger partial charge in [-0.05, 0) is 38.8 Å². The normalized spacial score (nSPS) is 24.5. The molecule has 3 atom stereocenters. The van der Waals surface area contributed by atoms with E-state index in [4.69, 9.17) is 14.2 Å². The van der Waals surface area contributed by atoms with E-state index in [0.29, 0.717) is 25.4 Å². The summed E-state index contributed by atoms with van der Waals surface area (Å²) in [5, 5.41) is 6.84. The predicted molar refractivity (Wildman–Crippen MR) is 136 cm³/mol. The zero-order valence-electron chi connectivity index (χ0n) is 19.4. The largest absolute Gasteiger partial charge is 0.488 e. The van der Waals surface area contributed by atoms with Crippen molar-refractivity contribution in [3.05, 3.63) is 29.3 Å². The van der Waals surface area contributed by atoms with Crippen LogP contribution in [0, 0.1) is 6.92 Å². The summed E-state index contributed by atoms with van der Waals surface area (Å²) in [5.41, 5.74) is 2.33. The number of ether oxygens (including phenoxy) is 3. The Balaban J connectivity index is 0.00000341. The molecule has 0 aromatic heterocycles. The molecule has 8 heteroatoms. The third-order valence-corrected chi connectivity index (χ3v) is 5.51. The Morgan fingerprint density at radius 2 is 2.00 bits per heavy atom. The highest BCUT2D eigenvalue weighted by atomic mass is 127. The second-order valence-electron chi connectivity index (χ2n) is 8.44. The van der Waals surface area contributed by atoms with Crippen LogP contribution in [0.4, 0.5) is 0 Å². The highest BCUT2D eigenvalue weighted by molar-refractivity contribution is 14.0. The number of aryl methyl sites for hydroxylation is 1. The van der Waals surface area contributed by atoms with Crippen LogP contribution in [0.5, 0.6) is 5.75 Å². The zero-order chi connectivity index (χ0) is 21.3. The minimum absolute atomic E-state index is 0. The zero-order valence-corrected chi connectivity index (χ0v) is 21.7. The average Bonchev–Trinajstić information content (AvgIpc) is 3.21. The van der Waals surface area contributed by atoms with Crippen molar-refractivity contribution in [2.75, 3.05) is 46.4 Å². The first-order chi connectivity index (χ1) is 14.5. The molecule has 176 valence electrons. The Bertz CT molecular complexity index is 687. The first-order valence-electron chi connectivity index (χ1n) is 11.2. The van der Waals surface area contributed by atoms with Crippen molar-refractivity contribution in [3.8, 4) is 5.75 Å². The standard InChI is InChI=1S/C23H38N4O3.HI/c1-17-6-7-20(22(12-17)30-21-8-11-28-16-21)13-26-23(24-4)25-9-5-10-27-14-18(2)29-19(3)15-27;/h6-7,12,18-19,21H,5,8-11,13-16H2,1-4H3,(H2,24,25,26);1H. The van der Waals surface area contributed by atoms with E-state index in [-0.39, 0.29) is 30.1 Å². The molecule has 7 nitrogen and oxygen atoms in total. The summed E-state index contributed by atoms with van der Waals surface area (Å²) >= 11 is 0. The van der Waals surface area contributed by atoms with Crippen molar-refractivity contribution >= 4 is 29.9 Å². The third kappa shape index (κ3) is 8.75. The summed E-state index contributed by atoms with van der Waals surface area (Å²) in [6, 6.07) is 6.35. The number of hydrogen-bond acceptors (Lipinski definition) is 5. The molecule has 0 spiro atoms. The van der Waals surface area contributed by atoms with Crippen LogP contribution < -0.4 is 15.4 Å². The van der Waals surface area contributed by atoms with Crippen molar-refractivity contribution in [2.24, 2.45) is 4.99 Å². The minimum Gasteiger partial charge on any atom is -0.488 e. The Labute approximate surface area is 204 Å². The summed E-state index contributed by atoms with van der Waals surface area (Å²) in [4.78, 5) is 6.85. The van der Waals surface area contributed by atoms with Crippen LogP contribution in [0.3, 0.4) is 0 Å². The molecule has 2 saturated heterocycles. The molecular formula is C23H39IN4O3. The molecule has 3 unspecified atom stereocenters. The lowest BCUT2D eigenvalue weighted by Gasteiger charge is -2.35.